The second kappa shape index (κ2) is 6.47. The SMILES string of the molecule is CCN1CCOC(c2noc(CCCC#N)n2)C1. The molecule has 2 heterocycles. The molecule has 6 nitrogen and oxygen atoms in total. The van der Waals surface area contributed by atoms with Crippen LogP contribution in [0.25, 0.3) is 0 Å². The van der Waals surface area contributed by atoms with Crippen molar-refractivity contribution in [3.05, 3.63) is 11.7 Å². The molecule has 0 spiro atoms. The Kier molecular flexibility index (Phi) is 4.67. The Morgan fingerprint density at radius 2 is 2.44 bits per heavy atom. The summed E-state index contributed by atoms with van der Waals surface area (Å²) in [5.74, 6) is 1.22. The second-order valence-corrected chi connectivity index (χ2v) is 4.31. The lowest BCUT2D eigenvalue weighted by atomic mass is 10.2. The van der Waals surface area contributed by atoms with Crippen LogP contribution >= 0.6 is 0 Å². The Bertz CT molecular complexity index is 412. The second-order valence-electron chi connectivity index (χ2n) is 4.31. The largest absolute Gasteiger partial charge is 0.367 e. The van der Waals surface area contributed by atoms with E-state index in [1.807, 2.05) is 0 Å². The highest BCUT2D eigenvalue weighted by molar-refractivity contribution is 4.94. The smallest absolute Gasteiger partial charge is 0.226 e. The number of aryl methyl sites for hydroxylation is 1. The van der Waals surface area contributed by atoms with Gasteiger partial charge < -0.3 is 9.26 Å². The topological polar surface area (TPSA) is 75.2 Å². The number of morpholine rings is 1. The number of nitriles is 1. The van der Waals surface area contributed by atoms with E-state index in [2.05, 4.69) is 28.0 Å². The summed E-state index contributed by atoms with van der Waals surface area (Å²) in [7, 11) is 0. The summed E-state index contributed by atoms with van der Waals surface area (Å²) in [5.41, 5.74) is 0. The lowest BCUT2D eigenvalue weighted by molar-refractivity contribution is -0.0334. The highest BCUT2D eigenvalue weighted by Crippen LogP contribution is 2.19. The number of ether oxygens (including phenoxy) is 1. The highest BCUT2D eigenvalue weighted by Gasteiger charge is 2.25. The molecule has 0 aliphatic carbocycles. The molecule has 18 heavy (non-hydrogen) atoms. The van der Waals surface area contributed by atoms with E-state index >= 15 is 0 Å². The Hall–Kier alpha value is -1.45. The monoisotopic (exact) mass is 250 g/mol. The van der Waals surface area contributed by atoms with Crippen LogP contribution in [-0.4, -0.2) is 41.3 Å². The van der Waals surface area contributed by atoms with Gasteiger partial charge in [0.15, 0.2) is 0 Å². The van der Waals surface area contributed by atoms with Gasteiger partial charge in [-0.1, -0.05) is 12.1 Å². The molecule has 0 bridgehead atoms. The fourth-order valence-electron chi connectivity index (χ4n) is 1.96. The minimum absolute atomic E-state index is 0.0906. The molecular weight excluding hydrogens is 232 g/mol. The third kappa shape index (κ3) is 3.28. The fraction of sp³-hybridized carbons (Fsp3) is 0.750. The first kappa shape index (κ1) is 13.0. The van der Waals surface area contributed by atoms with E-state index < -0.39 is 0 Å². The molecule has 1 aliphatic rings. The Balaban J connectivity index is 1.90. The molecule has 0 N–H and O–H groups in total. The third-order valence-electron chi connectivity index (χ3n) is 3.05. The van der Waals surface area contributed by atoms with Crippen molar-refractivity contribution in [2.75, 3.05) is 26.2 Å². The molecule has 1 atom stereocenters. The van der Waals surface area contributed by atoms with Crippen molar-refractivity contribution in [2.24, 2.45) is 0 Å². The molecule has 0 radical (unpaired) electrons. The number of hydrogen-bond acceptors (Lipinski definition) is 6. The van der Waals surface area contributed by atoms with Crippen LogP contribution in [0.4, 0.5) is 0 Å². The zero-order valence-electron chi connectivity index (χ0n) is 10.6. The molecule has 1 saturated heterocycles. The van der Waals surface area contributed by atoms with E-state index in [-0.39, 0.29) is 6.10 Å². The average Bonchev–Trinajstić information content (AvgIpc) is 2.88. The fourth-order valence-corrected chi connectivity index (χ4v) is 1.96. The summed E-state index contributed by atoms with van der Waals surface area (Å²) < 4.78 is 10.8. The van der Waals surface area contributed by atoms with Gasteiger partial charge in [-0.05, 0) is 13.0 Å². The highest BCUT2D eigenvalue weighted by atomic mass is 16.5. The zero-order chi connectivity index (χ0) is 12.8. The molecule has 6 heteroatoms. The summed E-state index contributed by atoms with van der Waals surface area (Å²) in [5, 5.41) is 12.4. The van der Waals surface area contributed by atoms with Crippen LogP contribution in [0.15, 0.2) is 4.52 Å². The van der Waals surface area contributed by atoms with Gasteiger partial charge in [0.2, 0.25) is 11.7 Å². The maximum atomic E-state index is 8.47. The van der Waals surface area contributed by atoms with Gasteiger partial charge in [0.1, 0.15) is 6.10 Å². The van der Waals surface area contributed by atoms with Crippen LogP contribution in [-0.2, 0) is 11.2 Å². The van der Waals surface area contributed by atoms with E-state index in [1.165, 1.54) is 0 Å². The van der Waals surface area contributed by atoms with Crippen LogP contribution in [0.3, 0.4) is 0 Å². The van der Waals surface area contributed by atoms with Crippen molar-refractivity contribution in [3.63, 3.8) is 0 Å². The molecule has 1 aromatic heterocycles. The van der Waals surface area contributed by atoms with Crippen molar-refractivity contribution in [1.82, 2.24) is 15.0 Å². The van der Waals surface area contributed by atoms with Crippen molar-refractivity contribution >= 4 is 0 Å². The Labute approximate surface area is 107 Å². The maximum absolute atomic E-state index is 8.47. The third-order valence-corrected chi connectivity index (χ3v) is 3.05. The number of rotatable bonds is 5. The van der Waals surface area contributed by atoms with Gasteiger partial charge in [-0.3, -0.25) is 4.90 Å². The van der Waals surface area contributed by atoms with Gasteiger partial charge in [-0.15, -0.1) is 0 Å². The molecule has 1 aromatic rings. The number of unbranched alkanes of at least 4 members (excludes halogenated alkanes) is 1. The van der Waals surface area contributed by atoms with Gasteiger partial charge in [0, 0.05) is 25.9 Å². The number of nitrogens with zero attached hydrogens (tertiary/aromatic N) is 4. The maximum Gasteiger partial charge on any atom is 0.226 e. The predicted octanol–water partition coefficient (Wildman–Crippen LogP) is 1.31. The first-order valence-electron chi connectivity index (χ1n) is 6.37. The normalized spacial score (nSPS) is 20.8. The van der Waals surface area contributed by atoms with E-state index in [0.717, 1.165) is 26.1 Å². The van der Waals surface area contributed by atoms with Crippen molar-refractivity contribution < 1.29 is 9.26 Å². The Morgan fingerprint density at radius 1 is 1.56 bits per heavy atom. The molecule has 98 valence electrons. The standard InChI is InChI=1S/C12H18N4O2/c1-2-16-7-8-17-10(9-16)12-14-11(18-15-12)5-3-4-6-13/h10H,2-5,7-9H2,1H3. The first-order valence-corrected chi connectivity index (χ1v) is 6.37. The summed E-state index contributed by atoms with van der Waals surface area (Å²) >= 11 is 0. The van der Waals surface area contributed by atoms with Crippen LogP contribution in [0.1, 0.15) is 37.6 Å². The summed E-state index contributed by atoms with van der Waals surface area (Å²) in [6, 6.07) is 2.10. The summed E-state index contributed by atoms with van der Waals surface area (Å²) in [4.78, 5) is 6.64. The number of hydrogen-bond donors (Lipinski definition) is 0. The van der Waals surface area contributed by atoms with Crippen LogP contribution in [0, 0.1) is 11.3 Å². The first-order chi connectivity index (χ1) is 8.83. The molecular formula is C12H18N4O2. The van der Waals surface area contributed by atoms with Gasteiger partial charge in [-0.25, -0.2) is 0 Å². The van der Waals surface area contributed by atoms with Gasteiger partial charge in [-0.2, -0.15) is 10.2 Å². The molecule has 0 saturated carbocycles. The summed E-state index contributed by atoms with van der Waals surface area (Å²) in [6.07, 6.45) is 1.84. The Morgan fingerprint density at radius 3 is 3.22 bits per heavy atom. The molecule has 0 amide bonds. The van der Waals surface area contributed by atoms with Crippen molar-refractivity contribution in [2.45, 2.75) is 32.3 Å². The minimum atomic E-state index is -0.0906. The van der Waals surface area contributed by atoms with E-state index in [0.29, 0.717) is 31.2 Å². The van der Waals surface area contributed by atoms with Crippen molar-refractivity contribution in [1.29, 1.82) is 5.26 Å². The number of aromatic nitrogens is 2. The lowest BCUT2D eigenvalue weighted by Gasteiger charge is -2.30. The minimum Gasteiger partial charge on any atom is -0.367 e. The summed E-state index contributed by atoms with van der Waals surface area (Å²) in [6.45, 7) is 5.61. The molecule has 2 rings (SSSR count). The lowest BCUT2D eigenvalue weighted by Crippen LogP contribution is -2.38. The molecule has 1 aliphatic heterocycles. The van der Waals surface area contributed by atoms with E-state index in [1.54, 1.807) is 0 Å². The quantitative estimate of drug-likeness (QED) is 0.733. The van der Waals surface area contributed by atoms with Crippen LogP contribution in [0.5, 0.6) is 0 Å². The van der Waals surface area contributed by atoms with Gasteiger partial charge in [0.25, 0.3) is 0 Å². The van der Waals surface area contributed by atoms with Gasteiger partial charge in [0.05, 0.1) is 12.7 Å². The van der Waals surface area contributed by atoms with E-state index in [4.69, 9.17) is 14.5 Å². The molecule has 1 fully saturated rings. The van der Waals surface area contributed by atoms with Crippen molar-refractivity contribution in [3.8, 4) is 6.07 Å². The van der Waals surface area contributed by atoms with Crippen LogP contribution in [0.2, 0.25) is 0 Å². The molecule has 1 unspecified atom stereocenters. The van der Waals surface area contributed by atoms with Gasteiger partial charge >= 0.3 is 0 Å². The van der Waals surface area contributed by atoms with E-state index in [9.17, 15) is 0 Å². The predicted molar refractivity (Wildman–Crippen MR) is 63.7 cm³/mol. The zero-order valence-corrected chi connectivity index (χ0v) is 10.6. The number of likely N-dealkylation sites (N-methyl/N-ethyl adjacent to an activating group) is 1. The average molecular weight is 250 g/mol. The van der Waals surface area contributed by atoms with Crippen LogP contribution < -0.4 is 0 Å². The molecule has 0 aromatic carbocycles.